The van der Waals surface area contributed by atoms with Crippen LogP contribution in [0.15, 0.2) is 18.3 Å². The number of alkyl halides is 3. The molecule has 1 aliphatic heterocycles. The molecule has 0 aromatic carbocycles. The number of likely N-dealkylation sites (tertiary alicyclic amines) is 1. The van der Waals surface area contributed by atoms with Gasteiger partial charge in [-0.05, 0) is 50.7 Å². The Morgan fingerprint density at radius 1 is 1.19 bits per heavy atom. The topological polar surface area (TPSA) is 83.8 Å². The van der Waals surface area contributed by atoms with E-state index in [-0.39, 0.29) is 12.0 Å². The van der Waals surface area contributed by atoms with Crippen molar-refractivity contribution < 1.29 is 13.2 Å². The summed E-state index contributed by atoms with van der Waals surface area (Å²) in [7, 11) is 0. The van der Waals surface area contributed by atoms with Crippen LogP contribution >= 0.6 is 0 Å². The summed E-state index contributed by atoms with van der Waals surface area (Å²) in [6.07, 6.45) is -0.956. The van der Waals surface area contributed by atoms with E-state index in [9.17, 15) is 13.2 Å². The van der Waals surface area contributed by atoms with Crippen molar-refractivity contribution in [3.63, 3.8) is 0 Å². The molecule has 2 aromatic rings. The average Bonchev–Trinajstić information content (AvgIpc) is 3.03. The third-order valence-electron chi connectivity index (χ3n) is 7.14. The second kappa shape index (κ2) is 6.95. The van der Waals surface area contributed by atoms with E-state index in [4.69, 9.17) is 11.0 Å². The Balaban J connectivity index is 1.37. The second-order valence-electron chi connectivity index (χ2n) is 9.41. The first-order chi connectivity index (χ1) is 14.7. The summed E-state index contributed by atoms with van der Waals surface area (Å²) < 4.78 is 41.8. The van der Waals surface area contributed by atoms with Crippen molar-refractivity contribution in [2.24, 2.45) is 17.8 Å². The average molecular weight is 430 g/mol. The number of nitrogens with two attached hydrogens (primary N) is 1. The van der Waals surface area contributed by atoms with Crippen LogP contribution in [0.25, 0.3) is 11.3 Å². The van der Waals surface area contributed by atoms with E-state index >= 15 is 0 Å². The van der Waals surface area contributed by atoms with Gasteiger partial charge in [0, 0.05) is 48.5 Å². The lowest BCUT2D eigenvalue weighted by Crippen LogP contribution is -2.51. The fraction of sp³-hybridized carbons (Fsp3) is 0.591. The van der Waals surface area contributed by atoms with Crippen molar-refractivity contribution in [3.8, 4) is 17.3 Å². The zero-order valence-corrected chi connectivity index (χ0v) is 17.5. The van der Waals surface area contributed by atoms with Crippen molar-refractivity contribution >= 4 is 5.82 Å². The second-order valence-corrected chi connectivity index (χ2v) is 9.41. The highest BCUT2D eigenvalue weighted by Crippen LogP contribution is 2.64. The summed E-state index contributed by atoms with van der Waals surface area (Å²) in [6.45, 7) is 5.83. The van der Waals surface area contributed by atoms with E-state index in [1.165, 1.54) is 6.20 Å². The molecule has 6 nitrogen and oxygen atoms in total. The molecule has 0 bridgehead atoms. The van der Waals surface area contributed by atoms with Gasteiger partial charge in [-0.2, -0.15) is 23.5 Å². The van der Waals surface area contributed by atoms with Gasteiger partial charge in [0.25, 0.3) is 0 Å². The number of anilines is 1. The van der Waals surface area contributed by atoms with E-state index in [2.05, 4.69) is 21.1 Å². The molecular weight excluding hydrogens is 405 g/mol. The Morgan fingerprint density at radius 2 is 1.87 bits per heavy atom. The number of nitrogens with zero attached hydrogens (tertiary/aromatic N) is 5. The van der Waals surface area contributed by atoms with Gasteiger partial charge in [-0.15, -0.1) is 0 Å². The fourth-order valence-electron chi connectivity index (χ4n) is 5.50. The van der Waals surface area contributed by atoms with Crippen LogP contribution in [0.2, 0.25) is 0 Å². The third kappa shape index (κ3) is 3.37. The Labute approximate surface area is 178 Å². The van der Waals surface area contributed by atoms with Crippen molar-refractivity contribution in [2.75, 3.05) is 18.8 Å². The van der Waals surface area contributed by atoms with E-state index < -0.39 is 17.6 Å². The maximum Gasteiger partial charge on any atom is 0.419 e. The SMILES string of the molecule is CC(C)n1nc(-c2cnc(N)c(C(F)(F)F)c2)cc1[C@H]1[C@@H]2CC(N3CC(C#N)C3)C[C@@H]21. The first kappa shape index (κ1) is 20.3. The van der Waals surface area contributed by atoms with Gasteiger partial charge in [0.05, 0.1) is 23.2 Å². The van der Waals surface area contributed by atoms with Gasteiger partial charge in [0.15, 0.2) is 0 Å². The van der Waals surface area contributed by atoms with Gasteiger partial charge in [0.2, 0.25) is 0 Å². The molecule has 3 aliphatic rings. The van der Waals surface area contributed by atoms with Crippen LogP contribution in [-0.2, 0) is 6.18 Å². The van der Waals surface area contributed by atoms with Gasteiger partial charge in [-0.3, -0.25) is 9.58 Å². The maximum atomic E-state index is 13.3. The summed E-state index contributed by atoms with van der Waals surface area (Å²) in [5.74, 6) is 1.23. The molecule has 5 rings (SSSR count). The molecule has 2 aliphatic carbocycles. The molecule has 2 aromatic heterocycles. The molecule has 0 spiro atoms. The smallest absolute Gasteiger partial charge is 0.383 e. The number of pyridine rings is 1. The molecule has 0 radical (unpaired) electrons. The molecule has 2 N–H and O–H groups in total. The number of rotatable bonds is 4. The standard InChI is InChI=1S/C22H25F3N6/c1-11(2)31-19(20-15-4-14(5-16(15)20)30-9-12(7-26)10-30)6-18(29-31)13-3-17(22(23,24)25)21(27)28-8-13/h3,6,8,11-12,14-16,20H,4-5,9-10H2,1-2H3,(H2,27,28)/t14?,15-,16+,20+. The lowest BCUT2D eigenvalue weighted by Gasteiger charge is -2.40. The number of hydrogen-bond donors (Lipinski definition) is 1. The first-order valence-electron chi connectivity index (χ1n) is 10.7. The van der Waals surface area contributed by atoms with E-state index in [0.717, 1.165) is 37.7 Å². The molecule has 1 saturated heterocycles. The highest BCUT2D eigenvalue weighted by molar-refractivity contribution is 5.63. The quantitative estimate of drug-likeness (QED) is 0.790. The minimum Gasteiger partial charge on any atom is -0.383 e. The Kier molecular flexibility index (Phi) is 4.56. The number of aromatic nitrogens is 3. The van der Waals surface area contributed by atoms with Crippen LogP contribution in [-0.4, -0.2) is 38.8 Å². The van der Waals surface area contributed by atoms with Crippen LogP contribution in [0.5, 0.6) is 0 Å². The van der Waals surface area contributed by atoms with Crippen LogP contribution in [0.1, 0.15) is 49.9 Å². The molecular formula is C22H25F3N6. The molecule has 1 unspecified atom stereocenters. The van der Waals surface area contributed by atoms with Gasteiger partial charge < -0.3 is 5.73 Å². The first-order valence-corrected chi connectivity index (χ1v) is 10.7. The molecule has 3 heterocycles. The molecule has 31 heavy (non-hydrogen) atoms. The summed E-state index contributed by atoms with van der Waals surface area (Å²) in [6, 6.07) is 5.97. The summed E-state index contributed by atoms with van der Waals surface area (Å²) in [4.78, 5) is 6.18. The predicted octanol–water partition coefficient (Wildman–Crippen LogP) is 4.07. The number of fused-ring (bicyclic) bond motifs is 1. The fourth-order valence-corrected chi connectivity index (χ4v) is 5.50. The Bertz CT molecular complexity index is 1030. The normalized spacial score (nSPS) is 28.4. The lowest BCUT2D eigenvalue weighted by molar-refractivity contribution is -0.137. The zero-order valence-electron chi connectivity index (χ0n) is 17.5. The number of nitrogen functional groups attached to an aromatic ring is 1. The third-order valence-corrected chi connectivity index (χ3v) is 7.14. The Morgan fingerprint density at radius 3 is 2.45 bits per heavy atom. The Hall–Kier alpha value is -2.60. The molecule has 164 valence electrons. The molecule has 4 atom stereocenters. The van der Waals surface area contributed by atoms with Gasteiger partial charge >= 0.3 is 6.18 Å². The molecule has 2 saturated carbocycles. The van der Waals surface area contributed by atoms with Gasteiger partial charge in [-0.1, -0.05) is 0 Å². The van der Waals surface area contributed by atoms with Crippen molar-refractivity contribution in [1.29, 1.82) is 5.26 Å². The molecule has 0 amide bonds. The maximum absolute atomic E-state index is 13.3. The van der Waals surface area contributed by atoms with Crippen LogP contribution < -0.4 is 5.73 Å². The highest BCUT2D eigenvalue weighted by atomic mass is 19.4. The molecule has 9 heteroatoms. The van der Waals surface area contributed by atoms with E-state index in [0.29, 0.717) is 35.1 Å². The minimum atomic E-state index is -4.56. The minimum absolute atomic E-state index is 0.108. The number of nitriles is 1. The largest absolute Gasteiger partial charge is 0.419 e. The molecule has 3 fully saturated rings. The highest BCUT2D eigenvalue weighted by Gasteiger charge is 2.59. The van der Waals surface area contributed by atoms with Crippen LogP contribution in [0, 0.1) is 29.1 Å². The van der Waals surface area contributed by atoms with Crippen molar-refractivity contribution in [3.05, 3.63) is 29.6 Å². The lowest BCUT2D eigenvalue weighted by atomic mass is 9.95. The van der Waals surface area contributed by atoms with E-state index in [1.54, 1.807) is 0 Å². The van der Waals surface area contributed by atoms with Crippen molar-refractivity contribution in [2.45, 2.75) is 50.9 Å². The number of hydrogen-bond acceptors (Lipinski definition) is 5. The van der Waals surface area contributed by atoms with Gasteiger partial charge in [0.1, 0.15) is 5.82 Å². The van der Waals surface area contributed by atoms with Crippen LogP contribution in [0.3, 0.4) is 0 Å². The summed E-state index contributed by atoms with van der Waals surface area (Å²) in [5, 5.41) is 13.6. The summed E-state index contributed by atoms with van der Waals surface area (Å²) in [5.41, 5.74) is 6.45. The van der Waals surface area contributed by atoms with Gasteiger partial charge in [-0.25, -0.2) is 4.98 Å². The monoisotopic (exact) mass is 430 g/mol. The summed E-state index contributed by atoms with van der Waals surface area (Å²) >= 11 is 0. The predicted molar refractivity (Wildman–Crippen MR) is 109 cm³/mol. The van der Waals surface area contributed by atoms with Crippen molar-refractivity contribution in [1.82, 2.24) is 19.7 Å². The van der Waals surface area contributed by atoms with Crippen LogP contribution in [0.4, 0.5) is 19.0 Å². The zero-order chi connectivity index (χ0) is 22.1. The van der Waals surface area contributed by atoms with E-state index in [1.807, 2.05) is 24.6 Å². The number of halogens is 3.